The first-order chi connectivity index (χ1) is 11.2. The topological polar surface area (TPSA) is 41.3 Å². The van der Waals surface area contributed by atoms with Gasteiger partial charge in [-0.15, -0.1) is 0 Å². The van der Waals surface area contributed by atoms with E-state index >= 15 is 0 Å². The normalized spacial score (nSPS) is 16.8. The summed E-state index contributed by atoms with van der Waals surface area (Å²) in [5.41, 5.74) is 2.04. The molecule has 0 saturated carbocycles. The van der Waals surface area contributed by atoms with Gasteiger partial charge in [-0.1, -0.05) is 23.7 Å². The zero-order chi connectivity index (χ0) is 16.2. The third-order valence-electron chi connectivity index (χ3n) is 4.49. The minimum absolute atomic E-state index is 0.103. The quantitative estimate of drug-likeness (QED) is 0.911. The predicted octanol–water partition coefficient (Wildman–Crippen LogP) is 3.05. The van der Waals surface area contributed by atoms with E-state index in [1.165, 1.54) is 11.8 Å². The second-order valence-corrected chi connectivity index (χ2v) is 6.34. The lowest BCUT2D eigenvalue weighted by Crippen LogP contribution is -2.33. The number of aromatic nitrogens is 2. The molecule has 3 rings (SSSR count). The highest BCUT2D eigenvalue weighted by Crippen LogP contribution is 2.29. The van der Waals surface area contributed by atoms with Crippen LogP contribution in [0.15, 0.2) is 30.5 Å². The van der Waals surface area contributed by atoms with Crippen molar-refractivity contribution in [1.82, 2.24) is 14.7 Å². The van der Waals surface area contributed by atoms with Gasteiger partial charge in [0, 0.05) is 24.4 Å². The summed E-state index contributed by atoms with van der Waals surface area (Å²) in [6.07, 6.45) is 3.86. The Morgan fingerprint density at radius 2 is 2.04 bits per heavy atom. The fourth-order valence-electron chi connectivity index (χ4n) is 3.27. The largest absolute Gasteiger partial charge is 0.394 e. The molecule has 0 bridgehead atoms. The van der Waals surface area contributed by atoms with E-state index in [-0.39, 0.29) is 17.4 Å². The molecule has 0 spiro atoms. The Hall–Kier alpha value is -1.43. The van der Waals surface area contributed by atoms with Gasteiger partial charge in [-0.2, -0.15) is 5.10 Å². The molecule has 1 fully saturated rings. The van der Waals surface area contributed by atoms with Crippen LogP contribution in [0.25, 0.3) is 0 Å². The van der Waals surface area contributed by atoms with Crippen molar-refractivity contribution in [2.24, 2.45) is 0 Å². The van der Waals surface area contributed by atoms with Crippen molar-refractivity contribution in [2.45, 2.75) is 31.8 Å². The van der Waals surface area contributed by atoms with Crippen molar-refractivity contribution in [2.75, 3.05) is 19.7 Å². The minimum Gasteiger partial charge on any atom is -0.394 e. The molecular weight excluding hydrogens is 317 g/mol. The second-order valence-electron chi connectivity index (χ2n) is 5.97. The van der Waals surface area contributed by atoms with Crippen molar-refractivity contribution in [3.63, 3.8) is 0 Å². The van der Waals surface area contributed by atoms with Crippen LogP contribution >= 0.6 is 11.6 Å². The van der Waals surface area contributed by atoms with E-state index in [4.69, 9.17) is 16.7 Å². The summed E-state index contributed by atoms with van der Waals surface area (Å²) < 4.78 is 15.4. The fraction of sp³-hybridized carbons (Fsp3) is 0.471. The van der Waals surface area contributed by atoms with Gasteiger partial charge in [-0.25, -0.2) is 4.39 Å². The van der Waals surface area contributed by atoms with Crippen LogP contribution in [0, 0.1) is 5.82 Å². The summed E-state index contributed by atoms with van der Waals surface area (Å²) in [6, 6.07) is 7.02. The van der Waals surface area contributed by atoms with E-state index in [9.17, 15) is 4.39 Å². The maximum atomic E-state index is 13.5. The van der Waals surface area contributed by atoms with E-state index in [2.05, 4.69) is 10.00 Å². The molecule has 0 aliphatic carbocycles. The number of likely N-dealkylation sites (tertiary alicyclic amines) is 1. The lowest BCUT2D eigenvalue weighted by atomic mass is 9.93. The molecule has 1 saturated heterocycles. The molecular formula is C17H21ClFN3O. The number of piperidine rings is 1. The van der Waals surface area contributed by atoms with Crippen LogP contribution in [-0.2, 0) is 13.1 Å². The summed E-state index contributed by atoms with van der Waals surface area (Å²) in [5.74, 6) is 0.107. The van der Waals surface area contributed by atoms with Gasteiger partial charge in [0.05, 0.1) is 18.2 Å². The van der Waals surface area contributed by atoms with Gasteiger partial charge in [0.15, 0.2) is 0 Å². The summed E-state index contributed by atoms with van der Waals surface area (Å²) in [6.45, 7) is 3.22. The monoisotopic (exact) mass is 337 g/mol. The molecule has 1 aromatic heterocycles. The zero-order valence-electron chi connectivity index (χ0n) is 13.0. The number of hydrogen-bond acceptors (Lipinski definition) is 3. The third-order valence-corrected chi connectivity index (χ3v) is 4.92. The van der Waals surface area contributed by atoms with Crippen molar-refractivity contribution in [3.8, 4) is 0 Å². The number of aliphatic hydroxyl groups excluding tert-OH is 1. The first-order valence-electron chi connectivity index (χ1n) is 7.97. The summed E-state index contributed by atoms with van der Waals surface area (Å²) in [4.78, 5) is 2.31. The Labute approximate surface area is 140 Å². The molecule has 1 aliphatic heterocycles. The lowest BCUT2D eigenvalue weighted by molar-refractivity contribution is 0.198. The average molecular weight is 338 g/mol. The number of halogens is 2. The maximum Gasteiger partial charge on any atom is 0.142 e. The zero-order valence-corrected chi connectivity index (χ0v) is 13.7. The van der Waals surface area contributed by atoms with Gasteiger partial charge < -0.3 is 5.11 Å². The second kappa shape index (κ2) is 7.43. The van der Waals surface area contributed by atoms with E-state index < -0.39 is 0 Å². The molecule has 2 aromatic rings. The molecule has 0 atom stereocenters. The highest BCUT2D eigenvalue weighted by Gasteiger charge is 2.23. The molecule has 1 N–H and O–H groups in total. The first kappa shape index (κ1) is 16.4. The van der Waals surface area contributed by atoms with Gasteiger partial charge in [-0.05, 0) is 43.6 Å². The van der Waals surface area contributed by atoms with Crippen LogP contribution in [0.4, 0.5) is 4.39 Å². The van der Waals surface area contributed by atoms with Gasteiger partial charge >= 0.3 is 0 Å². The van der Waals surface area contributed by atoms with Gasteiger partial charge in [0.25, 0.3) is 0 Å². The highest BCUT2D eigenvalue weighted by atomic mass is 35.5. The number of rotatable bonds is 5. The molecule has 0 amide bonds. The van der Waals surface area contributed by atoms with Crippen LogP contribution < -0.4 is 0 Å². The Balaban J connectivity index is 1.60. The summed E-state index contributed by atoms with van der Waals surface area (Å²) >= 11 is 6.04. The Kier molecular flexibility index (Phi) is 5.30. The van der Waals surface area contributed by atoms with E-state index in [1.54, 1.807) is 12.3 Å². The van der Waals surface area contributed by atoms with Crippen molar-refractivity contribution < 1.29 is 9.50 Å². The lowest BCUT2D eigenvalue weighted by Gasteiger charge is -2.32. The Morgan fingerprint density at radius 3 is 2.78 bits per heavy atom. The van der Waals surface area contributed by atoms with Gasteiger partial charge in [0.2, 0.25) is 0 Å². The number of hydrogen-bond donors (Lipinski definition) is 1. The highest BCUT2D eigenvalue weighted by molar-refractivity contribution is 6.31. The molecule has 1 aromatic carbocycles. The van der Waals surface area contributed by atoms with Gasteiger partial charge in [-0.3, -0.25) is 9.58 Å². The molecule has 0 unspecified atom stereocenters. The van der Waals surface area contributed by atoms with Crippen LogP contribution in [0.1, 0.15) is 30.0 Å². The number of nitrogens with zero attached hydrogens (tertiary/aromatic N) is 3. The van der Waals surface area contributed by atoms with Crippen LogP contribution in [-0.4, -0.2) is 39.5 Å². The third kappa shape index (κ3) is 3.74. The molecule has 23 heavy (non-hydrogen) atoms. The SMILES string of the molecule is OCCn1nccc1C1CCN(Cc2cccc(F)c2Cl)CC1. The van der Waals surface area contributed by atoms with E-state index in [1.807, 2.05) is 16.8 Å². The number of aliphatic hydroxyl groups is 1. The van der Waals surface area contributed by atoms with Crippen LogP contribution in [0.3, 0.4) is 0 Å². The fourth-order valence-corrected chi connectivity index (χ4v) is 3.46. The van der Waals surface area contributed by atoms with Gasteiger partial charge in [0.1, 0.15) is 5.82 Å². The summed E-state index contributed by atoms with van der Waals surface area (Å²) in [7, 11) is 0. The molecule has 1 aliphatic rings. The average Bonchev–Trinajstić information content (AvgIpc) is 3.01. The Morgan fingerprint density at radius 1 is 1.26 bits per heavy atom. The summed E-state index contributed by atoms with van der Waals surface area (Å²) in [5, 5.41) is 13.6. The first-order valence-corrected chi connectivity index (χ1v) is 8.34. The van der Waals surface area contributed by atoms with E-state index in [0.717, 1.165) is 31.5 Å². The van der Waals surface area contributed by atoms with Crippen LogP contribution in [0.2, 0.25) is 5.02 Å². The Bertz CT molecular complexity index is 653. The molecule has 2 heterocycles. The van der Waals surface area contributed by atoms with E-state index in [0.29, 0.717) is 19.0 Å². The molecule has 6 heteroatoms. The van der Waals surface area contributed by atoms with Crippen molar-refractivity contribution >= 4 is 11.6 Å². The van der Waals surface area contributed by atoms with Crippen LogP contribution in [0.5, 0.6) is 0 Å². The standard InChI is InChI=1S/C17H21ClFN3O/c18-17-14(2-1-3-15(17)19)12-21-8-5-13(6-9-21)16-4-7-20-22(16)10-11-23/h1-4,7,13,23H,5-6,8-12H2. The molecule has 0 radical (unpaired) electrons. The smallest absolute Gasteiger partial charge is 0.142 e. The predicted molar refractivity (Wildman–Crippen MR) is 88.0 cm³/mol. The minimum atomic E-state index is -0.355. The van der Waals surface area contributed by atoms with Crippen molar-refractivity contribution in [3.05, 3.63) is 52.6 Å². The van der Waals surface area contributed by atoms with Crippen molar-refractivity contribution in [1.29, 1.82) is 0 Å². The number of benzene rings is 1. The molecule has 4 nitrogen and oxygen atoms in total. The maximum absolute atomic E-state index is 13.5. The molecule has 124 valence electrons.